The van der Waals surface area contributed by atoms with Crippen molar-refractivity contribution in [2.45, 2.75) is 6.42 Å². The molecule has 0 spiro atoms. The quantitative estimate of drug-likeness (QED) is 0.507. The summed E-state index contributed by atoms with van der Waals surface area (Å²) in [7, 11) is 0. The van der Waals surface area contributed by atoms with Crippen molar-refractivity contribution in [2.24, 2.45) is 11.7 Å². The lowest BCUT2D eigenvalue weighted by atomic mass is 9.94. The minimum atomic E-state index is 0.0278. The number of hydrogen-bond donors (Lipinski definition) is 2. The van der Waals surface area contributed by atoms with Gasteiger partial charge in [0.2, 0.25) is 0 Å². The van der Waals surface area contributed by atoms with Crippen LogP contribution in [0, 0.1) is 5.92 Å². The van der Waals surface area contributed by atoms with Gasteiger partial charge in [-0.25, -0.2) is 0 Å². The number of Topliss-reactive ketones (excluding diaryl/α,β-unsaturated/α-hetero) is 1. The topological polar surface area (TPSA) is 55.1 Å². The molecule has 1 aliphatic heterocycles. The second kappa shape index (κ2) is 2.12. The molecule has 1 unspecified atom stereocenters. The summed E-state index contributed by atoms with van der Waals surface area (Å²) >= 11 is 0. The molecule has 1 atom stereocenters. The number of fused-ring (bicyclic) bond motifs is 1. The second-order valence-electron chi connectivity index (χ2n) is 2.94. The Hall–Kier alpha value is -1.25. The summed E-state index contributed by atoms with van der Waals surface area (Å²) in [5, 5.41) is 3.04. The van der Waals surface area contributed by atoms with Gasteiger partial charge in [0.05, 0.1) is 12.5 Å². The molecular formula is C8H10N2O. The van der Waals surface area contributed by atoms with Crippen molar-refractivity contribution in [3.05, 3.63) is 23.5 Å². The molecule has 1 heterocycles. The molecule has 3 N–H and O–H groups in total. The maximum atomic E-state index is 11.2. The van der Waals surface area contributed by atoms with E-state index < -0.39 is 0 Å². The van der Waals surface area contributed by atoms with Gasteiger partial charge in [0.1, 0.15) is 0 Å². The van der Waals surface area contributed by atoms with Gasteiger partial charge in [-0.1, -0.05) is 0 Å². The first kappa shape index (κ1) is 6.46. The zero-order valence-electron chi connectivity index (χ0n) is 6.13. The maximum Gasteiger partial charge on any atom is 0.161 e. The molecule has 0 aromatic carbocycles. The molecule has 58 valence electrons. The van der Waals surface area contributed by atoms with Crippen molar-refractivity contribution >= 4 is 5.78 Å². The first-order valence-electron chi connectivity index (χ1n) is 3.70. The molecule has 3 heteroatoms. The van der Waals surface area contributed by atoms with E-state index in [2.05, 4.69) is 5.32 Å². The van der Waals surface area contributed by atoms with Crippen LogP contribution < -0.4 is 11.1 Å². The van der Waals surface area contributed by atoms with E-state index in [1.165, 1.54) is 0 Å². The normalized spacial score (nSPS) is 28.7. The Bertz CT molecular complexity index is 265. The van der Waals surface area contributed by atoms with Gasteiger partial charge in [0.15, 0.2) is 5.78 Å². The van der Waals surface area contributed by atoms with Crippen LogP contribution in [0.4, 0.5) is 0 Å². The Morgan fingerprint density at radius 1 is 1.55 bits per heavy atom. The fraction of sp³-hybridized carbons (Fsp3) is 0.375. The molecule has 0 radical (unpaired) electrons. The van der Waals surface area contributed by atoms with E-state index in [0.29, 0.717) is 13.0 Å². The van der Waals surface area contributed by atoms with E-state index >= 15 is 0 Å². The van der Waals surface area contributed by atoms with Gasteiger partial charge in [0, 0.05) is 17.8 Å². The highest BCUT2D eigenvalue weighted by atomic mass is 16.1. The van der Waals surface area contributed by atoms with Crippen molar-refractivity contribution in [1.82, 2.24) is 5.32 Å². The van der Waals surface area contributed by atoms with E-state index in [9.17, 15) is 4.79 Å². The van der Waals surface area contributed by atoms with Crippen LogP contribution in [-0.4, -0.2) is 12.3 Å². The fourth-order valence-corrected chi connectivity index (χ4v) is 1.51. The van der Waals surface area contributed by atoms with Crippen LogP contribution >= 0.6 is 0 Å². The smallest absolute Gasteiger partial charge is 0.161 e. The summed E-state index contributed by atoms with van der Waals surface area (Å²) in [4.78, 5) is 11.2. The lowest BCUT2D eigenvalue weighted by Gasteiger charge is -2.13. The van der Waals surface area contributed by atoms with Gasteiger partial charge < -0.3 is 11.1 Å². The van der Waals surface area contributed by atoms with Crippen LogP contribution in [0.3, 0.4) is 0 Å². The monoisotopic (exact) mass is 150 g/mol. The molecule has 0 aromatic heterocycles. The molecular weight excluding hydrogens is 140 g/mol. The first-order chi connectivity index (χ1) is 5.27. The number of nitrogens with one attached hydrogen (secondary N) is 1. The SMILES string of the molecule is NC1=CC=C2NCC(=O)C2C1. The van der Waals surface area contributed by atoms with E-state index in [4.69, 9.17) is 5.73 Å². The zero-order valence-corrected chi connectivity index (χ0v) is 6.13. The highest BCUT2D eigenvalue weighted by molar-refractivity contribution is 5.89. The minimum absolute atomic E-state index is 0.0278. The number of carbonyl (C=O) groups excluding carboxylic acids is 1. The highest BCUT2D eigenvalue weighted by Crippen LogP contribution is 2.25. The van der Waals surface area contributed by atoms with E-state index in [-0.39, 0.29) is 11.7 Å². The fourth-order valence-electron chi connectivity index (χ4n) is 1.51. The van der Waals surface area contributed by atoms with Crippen LogP contribution in [0.2, 0.25) is 0 Å². The summed E-state index contributed by atoms with van der Waals surface area (Å²) in [5.74, 6) is 0.285. The standard InChI is InChI=1S/C8H10N2O/c9-5-1-2-7-6(3-5)8(11)4-10-7/h1-2,6,10H,3-4,9H2. The summed E-state index contributed by atoms with van der Waals surface area (Å²) in [5.41, 5.74) is 7.42. The number of nitrogens with two attached hydrogens (primary N) is 1. The molecule has 0 amide bonds. The Kier molecular flexibility index (Phi) is 1.24. The third-order valence-corrected chi connectivity index (χ3v) is 2.15. The number of hydrogen-bond acceptors (Lipinski definition) is 3. The first-order valence-corrected chi connectivity index (χ1v) is 3.70. The van der Waals surface area contributed by atoms with Crippen molar-refractivity contribution in [2.75, 3.05) is 6.54 Å². The van der Waals surface area contributed by atoms with E-state index in [1.807, 2.05) is 12.2 Å². The average molecular weight is 150 g/mol. The number of ketones is 1. The summed E-state index contributed by atoms with van der Waals surface area (Å²) in [6, 6.07) is 0. The highest BCUT2D eigenvalue weighted by Gasteiger charge is 2.30. The van der Waals surface area contributed by atoms with Crippen LogP contribution in [0.15, 0.2) is 23.5 Å². The molecule has 2 aliphatic rings. The molecule has 0 saturated carbocycles. The number of rotatable bonds is 0. The summed E-state index contributed by atoms with van der Waals surface area (Å²) < 4.78 is 0. The molecule has 11 heavy (non-hydrogen) atoms. The van der Waals surface area contributed by atoms with Gasteiger partial charge in [-0.15, -0.1) is 0 Å². The van der Waals surface area contributed by atoms with Crippen LogP contribution in [0.25, 0.3) is 0 Å². The predicted molar refractivity (Wildman–Crippen MR) is 41.5 cm³/mol. The molecule has 0 aromatic rings. The van der Waals surface area contributed by atoms with Gasteiger partial charge in [0.25, 0.3) is 0 Å². The summed E-state index contributed by atoms with van der Waals surface area (Å²) in [6.07, 6.45) is 4.45. The molecule has 2 rings (SSSR count). The number of carbonyl (C=O) groups is 1. The third kappa shape index (κ3) is 0.926. The maximum absolute atomic E-state index is 11.2. The van der Waals surface area contributed by atoms with Crippen LogP contribution in [0.1, 0.15) is 6.42 Å². The van der Waals surface area contributed by atoms with Gasteiger partial charge in [-0.05, 0) is 12.2 Å². The average Bonchev–Trinajstić information content (AvgIpc) is 2.33. The Labute approximate surface area is 65.0 Å². The van der Waals surface area contributed by atoms with Crippen LogP contribution in [0.5, 0.6) is 0 Å². The molecule has 1 saturated heterocycles. The molecule has 0 bridgehead atoms. The van der Waals surface area contributed by atoms with Gasteiger partial charge in [-0.2, -0.15) is 0 Å². The van der Waals surface area contributed by atoms with Crippen molar-refractivity contribution in [3.63, 3.8) is 0 Å². The zero-order chi connectivity index (χ0) is 7.84. The van der Waals surface area contributed by atoms with Crippen molar-refractivity contribution in [3.8, 4) is 0 Å². The van der Waals surface area contributed by atoms with E-state index in [1.54, 1.807) is 0 Å². The molecule has 1 aliphatic carbocycles. The van der Waals surface area contributed by atoms with Crippen LogP contribution in [-0.2, 0) is 4.79 Å². The van der Waals surface area contributed by atoms with Gasteiger partial charge >= 0.3 is 0 Å². The van der Waals surface area contributed by atoms with Crippen molar-refractivity contribution in [1.29, 1.82) is 0 Å². The summed E-state index contributed by atoms with van der Waals surface area (Å²) in [6.45, 7) is 0.470. The minimum Gasteiger partial charge on any atom is -0.402 e. The Morgan fingerprint density at radius 3 is 3.18 bits per heavy atom. The number of allylic oxidation sites excluding steroid dienone is 4. The second-order valence-corrected chi connectivity index (χ2v) is 2.94. The third-order valence-electron chi connectivity index (χ3n) is 2.15. The predicted octanol–water partition coefficient (Wildman–Crippen LogP) is -0.0949. The lowest BCUT2D eigenvalue weighted by Crippen LogP contribution is -2.16. The largest absolute Gasteiger partial charge is 0.402 e. The lowest BCUT2D eigenvalue weighted by molar-refractivity contribution is -0.119. The van der Waals surface area contributed by atoms with Crippen molar-refractivity contribution < 1.29 is 4.79 Å². The Balaban J connectivity index is 2.30. The molecule has 1 fully saturated rings. The molecule has 3 nitrogen and oxygen atoms in total. The Morgan fingerprint density at radius 2 is 2.36 bits per heavy atom. The van der Waals surface area contributed by atoms with Gasteiger partial charge in [-0.3, -0.25) is 4.79 Å². The van der Waals surface area contributed by atoms with E-state index in [0.717, 1.165) is 11.4 Å².